The molecule has 1 fully saturated rings. The van der Waals surface area contributed by atoms with Crippen molar-refractivity contribution in [2.75, 3.05) is 13.2 Å². The van der Waals surface area contributed by atoms with E-state index in [1.165, 1.54) is 0 Å². The van der Waals surface area contributed by atoms with Crippen molar-refractivity contribution < 1.29 is 9.90 Å². The number of carbonyl (C=O) groups is 1. The summed E-state index contributed by atoms with van der Waals surface area (Å²) in [6.45, 7) is 2.73. The molecule has 3 heteroatoms. The second-order valence-corrected chi connectivity index (χ2v) is 2.91. The summed E-state index contributed by atoms with van der Waals surface area (Å²) in [5, 5.41) is 8.54. The van der Waals surface area contributed by atoms with E-state index in [1.54, 1.807) is 4.90 Å². The van der Waals surface area contributed by atoms with Gasteiger partial charge < -0.3 is 10.0 Å². The van der Waals surface area contributed by atoms with Crippen LogP contribution in [-0.2, 0) is 4.79 Å². The maximum absolute atomic E-state index is 10.9. The van der Waals surface area contributed by atoms with Crippen LogP contribution in [0.15, 0.2) is 0 Å². The molecule has 0 saturated carbocycles. The van der Waals surface area contributed by atoms with Crippen LogP contribution >= 0.6 is 0 Å². The van der Waals surface area contributed by atoms with Gasteiger partial charge in [-0.2, -0.15) is 0 Å². The third-order valence-electron chi connectivity index (χ3n) is 2.05. The molecule has 1 rings (SSSR count). The smallest absolute Gasteiger partial charge is 0.246 e. The number of hydrogen-bond acceptors (Lipinski definition) is 2. The molecule has 1 heterocycles. The summed E-state index contributed by atoms with van der Waals surface area (Å²) in [6, 6.07) is 0.141. The summed E-state index contributed by atoms with van der Waals surface area (Å²) >= 11 is 0. The van der Waals surface area contributed by atoms with Crippen molar-refractivity contribution in [3.05, 3.63) is 0 Å². The molecular weight excluding hydrogens is 142 g/mol. The number of aliphatic hydroxyl groups excluding tert-OH is 1. The van der Waals surface area contributed by atoms with Crippen LogP contribution in [0.2, 0.25) is 0 Å². The molecule has 0 spiro atoms. The highest BCUT2D eigenvalue weighted by atomic mass is 16.3. The van der Waals surface area contributed by atoms with Crippen molar-refractivity contribution in [3.8, 4) is 0 Å². The molecule has 3 nitrogen and oxygen atoms in total. The van der Waals surface area contributed by atoms with Gasteiger partial charge in [-0.25, -0.2) is 0 Å². The number of unbranched alkanes of at least 4 members (excludes halogenated alkanes) is 1. The Morgan fingerprint density at radius 2 is 2.36 bits per heavy atom. The summed E-state index contributed by atoms with van der Waals surface area (Å²) in [7, 11) is 0. The quantitative estimate of drug-likeness (QED) is 0.586. The first-order chi connectivity index (χ1) is 5.31. The predicted octanol–water partition coefficient (Wildman–Crippen LogP) is 0.380. The fourth-order valence-corrected chi connectivity index (χ4v) is 1.31. The van der Waals surface area contributed by atoms with Crippen LogP contribution in [0.4, 0.5) is 0 Å². The minimum atomic E-state index is 0.0916. The van der Waals surface area contributed by atoms with E-state index in [9.17, 15) is 4.79 Å². The molecule has 11 heavy (non-hydrogen) atoms. The lowest BCUT2D eigenvalue weighted by atomic mass is 10.2. The molecule has 0 aliphatic carbocycles. The van der Waals surface area contributed by atoms with Gasteiger partial charge in [-0.1, -0.05) is 19.8 Å². The summed E-state index contributed by atoms with van der Waals surface area (Å²) in [4.78, 5) is 12.7. The zero-order valence-electron chi connectivity index (χ0n) is 6.92. The number of carbonyl (C=O) groups excluding carboxylic acids is 1. The van der Waals surface area contributed by atoms with Gasteiger partial charge in [0.25, 0.3) is 0 Å². The van der Waals surface area contributed by atoms with E-state index < -0.39 is 0 Å². The SMILES string of the molecule is CCCCC1C(=O)N1CCO. The molecule has 0 bridgehead atoms. The number of aliphatic hydroxyl groups is 1. The number of rotatable bonds is 5. The third-order valence-corrected chi connectivity index (χ3v) is 2.05. The van der Waals surface area contributed by atoms with Crippen LogP contribution in [0.1, 0.15) is 26.2 Å². The fraction of sp³-hybridized carbons (Fsp3) is 0.875. The summed E-state index contributed by atoms with van der Waals surface area (Å²) < 4.78 is 0. The summed E-state index contributed by atoms with van der Waals surface area (Å²) in [5.74, 6) is 0.215. The largest absolute Gasteiger partial charge is 0.395 e. The van der Waals surface area contributed by atoms with Crippen LogP contribution in [0, 0.1) is 0 Å². The molecule has 1 unspecified atom stereocenters. The van der Waals surface area contributed by atoms with Crippen molar-refractivity contribution in [3.63, 3.8) is 0 Å². The summed E-state index contributed by atoms with van der Waals surface area (Å²) in [6.07, 6.45) is 3.21. The highest BCUT2D eigenvalue weighted by Gasteiger charge is 2.43. The molecule has 0 radical (unpaired) electrons. The molecule has 1 aliphatic rings. The van der Waals surface area contributed by atoms with E-state index in [-0.39, 0.29) is 18.6 Å². The van der Waals surface area contributed by atoms with Crippen LogP contribution in [0.3, 0.4) is 0 Å². The number of hydrogen-bond donors (Lipinski definition) is 1. The third kappa shape index (κ3) is 1.93. The topological polar surface area (TPSA) is 40.3 Å². The lowest BCUT2D eigenvalue weighted by Crippen LogP contribution is -2.07. The van der Waals surface area contributed by atoms with Gasteiger partial charge in [0, 0.05) is 6.54 Å². The monoisotopic (exact) mass is 157 g/mol. The lowest BCUT2D eigenvalue weighted by Gasteiger charge is -1.97. The first kappa shape index (κ1) is 8.53. The molecular formula is C8H15NO2. The number of nitrogens with zero attached hydrogens (tertiary/aromatic N) is 1. The Hall–Kier alpha value is -0.570. The Balaban J connectivity index is 2.14. The Morgan fingerprint density at radius 1 is 1.64 bits per heavy atom. The Kier molecular flexibility index (Phi) is 2.88. The molecule has 1 saturated heterocycles. The standard InChI is InChI=1S/C8H15NO2/c1-2-3-4-7-8(11)9(7)5-6-10/h7,10H,2-6H2,1H3. The molecule has 64 valence electrons. The molecule has 1 N–H and O–H groups in total. The zero-order valence-corrected chi connectivity index (χ0v) is 6.92. The molecule has 1 atom stereocenters. The zero-order chi connectivity index (χ0) is 8.27. The van der Waals surface area contributed by atoms with Crippen LogP contribution in [-0.4, -0.2) is 35.1 Å². The highest BCUT2D eigenvalue weighted by molar-refractivity contribution is 5.96. The van der Waals surface area contributed by atoms with Crippen molar-refractivity contribution >= 4 is 5.91 Å². The first-order valence-electron chi connectivity index (χ1n) is 4.22. The van der Waals surface area contributed by atoms with Gasteiger partial charge in [0.2, 0.25) is 5.91 Å². The average Bonchev–Trinajstić information content (AvgIpc) is 2.59. The van der Waals surface area contributed by atoms with E-state index in [0.717, 1.165) is 19.3 Å². The second kappa shape index (κ2) is 3.72. The maximum Gasteiger partial charge on any atom is 0.246 e. The highest BCUT2D eigenvalue weighted by Crippen LogP contribution is 2.23. The van der Waals surface area contributed by atoms with Gasteiger partial charge in [0.1, 0.15) is 6.04 Å². The maximum atomic E-state index is 10.9. The van der Waals surface area contributed by atoms with E-state index in [1.807, 2.05) is 0 Å². The Labute approximate surface area is 67.0 Å². The average molecular weight is 157 g/mol. The van der Waals surface area contributed by atoms with Gasteiger partial charge in [-0.05, 0) is 6.42 Å². The first-order valence-corrected chi connectivity index (χ1v) is 4.22. The molecule has 0 aromatic heterocycles. The van der Waals surface area contributed by atoms with Gasteiger partial charge in [0.05, 0.1) is 6.61 Å². The molecule has 0 aromatic rings. The summed E-state index contributed by atoms with van der Waals surface area (Å²) in [5.41, 5.74) is 0. The molecule has 0 aromatic carbocycles. The van der Waals surface area contributed by atoms with E-state index in [0.29, 0.717) is 6.54 Å². The number of amides is 1. The normalized spacial score (nSPS) is 22.5. The molecule has 1 amide bonds. The Morgan fingerprint density at radius 3 is 2.91 bits per heavy atom. The van der Waals surface area contributed by atoms with Crippen molar-refractivity contribution in [1.82, 2.24) is 4.90 Å². The van der Waals surface area contributed by atoms with Crippen LogP contribution < -0.4 is 0 Å². The van der Waals surface area contributed by atoms with Gasteiger partial charge in [-0.15, -0.1) is 0 Å². The Bertz CT molecular complexity index is 147. The van der Waals surface area contributed by atoms with Gasteiger partial charge in [-0.3, -0.25) is 4.79 Å². The molecule has 1 aliphatic heterocycles. The predicted molar refractivity (Wildman–Crippen MR) is 42.1 cm³/mol. The lowest BCUT2D eigenvalue weighted by molar-refractivity contribution is -0.114. The minimum Gasteiger partial charge on any atom is -0.395 e. The van der Waals surface area contributed by atoms with E-state index in [2.05, 4.69) is 6.92 Å². The number of β-amino-alcohol motifs (C(OH)–C–C–N with tert-alkyl or cyclic N) is 1. The fourth-order valence-electron chi connectivity index (χ4n) is 1.31. The van der Waals surface area contributed by atoms with Gasteiger partial charge in [0.15, 0.2) is 0 Å². The van der Waals surface area contributed by atoms with Crippen molar-refractivity contribution in [2.24, 2.45) is 0 Å². The van der Waals surface area contributed by atoms with Crippen LogP contribution in [0.5, 0.6) is 0 Å². The van der Waals surface area contributed by atoms with E-state index >= 15 is 0 Å². The van der Waals surface area contributed by atoms with Crippen molar-refractivity contribution in [2.45, 2.75) is 32.2 Å². The second-order valence-electron chi connectivity index (χ2n) is 2.91. The van der Waals surface area contributed by atoms with E-state index in [4.69, 9.17) is 5.11 Å². The van der Waals surface area contributed by atoms with Crippen molar-refractivity contribution in [1.29, 1.82) is 0 Å². The van der Waals surface area contributed by atoms with Gasteiger partial charge >= 0.3 is 0 Å². The van der Waals surface area contributed by atoms with Crippen LogP contribution in [0.25, 0.3) is 0 Å². The minimum absolute atomic E-state index is 0.0916.